The molecule has 0 fully saturated rings. The topological polar surface area (TPSA) is 48.5 Å². The minimum Gasteiger partial charge on any atom is -0.267 e. The van der Waals surface area contributed by atoms with Gasteiger partial charge in [0.2, 0.25) is 0 Å². The molecule has 21 heavy (non-hydrogen) atoms. The number of halogens is 1. The normalized spacial score (nSPS) is 12.5. The Bertz CT molecular complexity index is 732. The van der Waals surface area contributed by atoms with E-state index in [4.69, 9.17) is 0 Å². The lowest BCUT2D eigenvalue weighted by Gasteiger charge is -2.13. The first-order valence-corrected chi connectivity index (χ1v) is 7.57. The number of hydrogen-bond donors (Lipinski definition) is 0. The van der Waals surface area contributed by atoms with E-state index in [0.717, 1.165) is 10.2 Å². The first-order chi connectivity index (χ1) is 10.1. The molecule has 0 amide bonds. The molecule has 0 aliphatic rings. The molecular formula is C15H16BrN5. The first-order valence-electron chi connectivity index (χ1n) is 6.77. The number of benzene rings is 1. The average Bonchev–Trinajstić information content (AvgIpc) is 3.13. The molecule has 0 radical (unpaired) electrons. The third-order valence-electron chi connectivity index (χ3n) is 3.50. The molecule has 0 aliphatic heterocycles. The summed E-state index contributed by atoms with van der Waals surface area (Å²) in [5, 5.41) is 12.6. The molecule has 3 rings (SSSR count). The van der Waals surface area contributed by atoms with Crippen molar-refractivity contribution in [2.75, 3.05) is 0 Å². The van der Waals surface area contributed by atoms with Gasteiger partial charge in [0.15, 0.2) is 0 Å². The summed E-state index contributed by atoms with van der Waals surface area (Å²) in [5.74, 6) is 0. The van der Waals surface area contributed by atoms with Crippen LogP contribution in [0.4, 0.5) is 0 Å². The minimum absolute atomic E-state index is 0.149. The molecule has 6 heteroatoms. The fourth-order valence-corrected chi connectivity index (χ4v) is 2.46. The molecule has 2 heterocycles. The maximum atomic E-state index is 4.24. The van der Waals surface area contributed by atoms with Crippen LogP contribution in [0.5, 0.6) is 0 Å². The molecule has 1 aromatic carbocycles. The van der Waals surface area contributed by atoms with Crippen LogP contribution in [0.1, 0.15) is 29.8 Å². The average molecular weight is 346 g/mol. The van der Waals surface area contributed by atoms with Gasteiger partial charge in [0.25, 0.3) is 0 Å². The molecule has 2 aromatic heterocycles. The van der Waals surface area contributed by atoms with Crippen molar-refractivity contribution in [2.45, 2.75) is 26.4 Å². The monoisotopic (exact) mass is 345 g/mol. The van der Waals surface area contributed by atoms with Gasteiger partial charge in [-0.15, -0.1) is 5.10 Å². The van der Waals surface area contributed by atoms with E-state index in [9.17, 15) is 0 Å². The predicted molar refractivity (Wildman–Crippen MR) is 84.0 cm³/mol. The largest absolute Gasteiger partial charge is 0.267 e. The summed E-state index contributed by atoms with van der Waals surface area (Å²) in [7, 11) is 0. The summed E-state index contributed by atoms with van der Waals surface area (Å²) >= 11 is 3.53. The summed E-state index contributed by atoms with van der Waals surface area (Å²) in [6.45, 7) is 4.85. The highest BCUT2D eigenvalue weighted by molar-refractivity contribution is 9.10. The third kappa shape index (κ3) is 3.05. The van der Waals surface area contributed by atoms with E-state index in [1.807, 2.05) is 27.8 Å². The minimum atomic E-state index is 0.149. The van der Waals surface area contributed by atoms with Gasteiger partial charge in [-0.25, -0.2) is 4.68 Å². The van der Waals surface area contributed by atoms with Crippen LogP contribution in [0.2, 0.25) is 0 Å². The lowest BCUT2D eigenvalue weighted by Crippen LogP contribution is -2.07. The second-order valence-corrected chi connectivity index (χ2v) is 5.93. The molecule has 108 valence electrons. The molecule has 0 saturated carbocycles. The quantitative estimate of drug-likeness (QED) is 0.729. The zero-order chi connectivity index (χ0) is 14.8. The Kier molecular flexibility index (Phi) is 3.88. The molecule has 0 aliphatic carbocycles. The number of hydrogen-bond acceptors (Lipinski definition) is 3. The van der Waals surface area contributed by atoms with Gasteiger partial charge in [0.1, 0.15) is 5.69 Å². The number of aromatic nitrogens is 5. The van der Waals surface area contributed by atoms with Gasteiger partial charge in [-0.2, -0.15) is 5.10 Å². The van der Waals surface area contributed by atoms with E-state index in [1.165, 1.54) is 11.1 Å². The molecule has 0 spiro atoms. The van der Waals surface area contributed by atoms with Crippen LogP contribution in [-0.2, 0) is 6.54 Å². The second-order valence-electron chi connectivity index (χ2n) is 5.08. The molecular weight excluding hydrogens is 330 g/mol. The highest BCUT2D eigenvalue weighted by Gasteiger charge is 2.11. The Hall–Kier alpha value is -1.95. The number of nitrogens with zero attached hydrogens (tertiary/aromatic N) is 5. The van der Waals surface area contributed by atoms with Gasteiger partial charge in [0.05, 0.1) is 18.8 Å². The van der Waals surface area contributed by atoms with Gasteiger partial charge in [-0.05, 0) is 37.1 Å². The predicted octanol–water partition coefficient (Wildman–Crippen LogP) is 3.20. The number of aryl methyl sites for hydroxylation is 1. The van der Waals surface area contributed by atoms with E-state index in [-0.39, 0.29) is 6.04 Å². The SMILES string of the molecule is Cc1cc([C@@H](C)n2cc(Cn3cccn3)nn2)ccc1Br. The smallest absolute Gasteiger partial charge is 0.104 e. The molecule has 0 N–H and O–H groups in total. The molecule has 0 bridgehead atoms. The van der Waals surface area contributed by atoms with Gasteiger partial charge in [-0.1, -0.05) is 33.3 Å². The molecule has 1 atom stereocenters. The van der Waals surface area contributed by atoms with Crippen LogP contribution in [-0.4, -0.2) is 24.8 Å². The highest BCUT2D eigenvalue weighted by Crippen LogP contribution is 2.23. The van der Waals surface area contributed by atoms with Crippen LogP contribution in [0, 0.1) is 6.92 Å². The van der Waals surface area contributed by atoms with Gasteiger partial charge < -0.3 is 0 Å². The zero-order valence-electron chi connectivity index (χ0n) is 11.9. The Labute approximate surface area is 131 Å². The van der Waals surface area contributed by atoms with Crippen LogP contribution in [0.15, 0.2) is 47.3 Å². The first kappa shape index (κ1) is 14.0. The molecule has 3 aromatic rings. The summed E-state index contributed by atoms with van der Waals surface area (Å²) in [6, 6.07) is 8.40. The Morgan fingerprint density at radius 3 is 2.90 bits per heavy atom. The summed E-state index contributed by atoms with van der Waals surface area (Å²) in [4.78, 5) is 0. The summed E-state index contributed by atoms with van der Waals surface area (Å²) < 4.78 is 4.85. The molecule has 5 nitrogen and oxygen atoms in total. The Morgan fingerprint density at radius 2 is 2.19 bits per heavy atom. The lowest BCUT2D eigenvalue weighted by molar-refractivity contribution is 0.543. The zero-order valence-corrected chi connectivity index (χ0v) is 13.5. The Balaban J connectivity index is 1.80. The lowest BCUT2D eigenvalue weighted by atomic mass is 10.1. The van der Waals surface area contributed by atoms with Crippen molar-refractivity contribution in [2.24, 2.45) is 0 Å². The maximum Gasteiger partial charge on any atom is 0.104 e. The fraction of sp³-hybridized carbons (Fsp3) is 0.267. The van der Waals surface area contributed by atoms with Crippen LogP contribution >= 0.6 is 15.9 Å². The number of rotatable bonds is 4. The van der Waals surface area contributed by atoms with E-state index in [2.05, 4.69) is 63.4 Å². The van der Waals surface area contributed by atoms with E-state index in [0.29, 0.717) is 6.54 Å². The fourth-order valence-electron chi connectivity index (χ4n) is 2.22. The van der Waals surface area contributed by atoms with Gasteiger partial charge >= 0.3 is 0 Å². The van der Waals surface area contributed by atoms with E-state index >= 15 is 0 Å². The van der Waals surface area contributed by atoms with Crippen molar-refractivity contribution in [3.63, 3.8) is 0 Å². The van der Waals surface area contributed by atoms with Crippen molar-refractivity contribution in [1.82, 2.24) is 24.8 Å². The van der Waals surface area contributed by atoms with Crippen molar-refractivity contribution in [3.05, 3.63) is 64.1 Å². The van der Waals surface area contributed by atoms with E-state index in [1.54, 1.807) is 6.20 Å². The second kappa shape index (κ2) is 5.81. The van der Waals surface area contributed by atoms with Crippen LogP contribution in [0.3, 0.4) is 0 Å². The van der Waals surface area contributed by atoms with Gasteiger partial charge in [-0.3, -0.25) is 4.68 Å². The van der Waals surface area contributed by atoms with Crippen LogP contribution in [0.25, 0.3) is 0 Å². The van der Waals surface area contributed by atoms with Crippen molar-refractivity contribution >= 4 is 15.9 Å². The molecule has 0 unspecified atom stereocenters. The van der Waals surface area contributed by atoms with Gasteiger partial charge in [0, 0.05) is 16.9 Å². The summed E-state index contributed by atoms with van der Waals surface area (Å²) in [5.41, 5.74) is 3.34. The highest BCUT2D eigenvalue weighted by atomic mass is 79.9. The Morgan fingerprint density at radius 1 is 1.33 bits per heavy atom. The van der Waals surface area contributed by atoms with Crippen molar-refractivity contribution < 1.29 is 0 Å². The van der Waals surface area contributed by atoms with E-state index < -0.39 is 0 Å². The standard InChI is InChI=1S/C15H16BrN5/c1-11-8-13(4-5-15(11)16)12(2)21-10-14(18-19-21)9-20-7-3-6-17-20/h3-8,10,12H,9H2,1-2H3/t12-/m1/s1. The van der Waals surface area contributed by atoms with Crippen molar-refractivity contribution in [1.29, 1.82) is 0 Å². The van der Waals surface area contributed by atoms with Crippen molar-refractivity contribution in [3.8, 4) is 0 Å². The maximum absolute atomic E-state index is 4.24. The van der Waals surface area contributed by atoms with Crippen LogP contribution < -0.4 is 0 Å². The third-order valence-corrected chi connectivity index (χ3v) is 4.39. The molecule has 0 saturated heterocycles. The summed E-state index contributed by atoms with van der Waals surface area (Å²) in [6.07, 6.45) is 5.65.